The summed E-state index contributed by atoms with van der Waals surface area (Å²) in [5.41, 5.74) is 6.63. The van der Waals surface area contributed by atoms with Gasteiger partial charge in [-0.1, -0.05) is 19.9 Å². The molecule has 9 nitrogen and oxygen atoms in total. The Morgan fingerprint density at radius 2 is 2.00 bits per heavy atom. The predicted octanol–water partition coefficient (Wildman–Crippen LogP) is 0.339. The minimum Gasteiger partial charge on any atom is -0.483 e. The molecule has 2 aliphatic rings. The summed E-state index contributed by atoms with van der Waals surface area (Å²) in [6.07, 6.45) is -1.42. The Morgan fingerprint density at radius 1 is 1.28 bits per heavy atom. The van der Waals surface area contributed by atoms with Crippen molar-refractivity contribution in [3.05, 3.63) is 35.9 Å². The Labute approximate surface area is 188 Å². The number of amides is 2. The molecule has 176 valence electrons. The van der Waals surface area contributed by atoms with Crippen LogP contribution in [0, 0.1) is 5.92 Å². The second-order valence-corrected chi connectivity index (χ2v) is 8.69. The molecule has 1 aromatic rings. The van der Waals surface area contributed by atoms with Gasteiger partial charge in [0.2, 0.25) is 11.8 Å². The van der Waals surface area contributed by atoms with Crippen LogP contribution in [0.15, 0.2) is 35.9 Å². The quantitative estimate of drug-likeness (QED) is 0.451. The number of ether oxygens (including phenoxy) is 2. The molecule has 1 saturated heterocycles. The van der Waals surface area contributed by atoms with E-state index in [0.717, 1.165) is 18.8 Å². The number of primary amides is 1. The van der Waals surface area contributed by atoms with Crippen molar-refractivity contribution in [3.63, 3.8) is 0 Å². The van der Waals surface area contributed by atoms with Crippen molar-refractivity contribution in [1.82, 2.24) is 5.32 Å². The molecule has 5 N–H and O–H groups in total. The fourth-order valence-corrected chi connectivity index (χ4v) is 3.90. The van der Waals surface area contributed by atoms with Crippen molar-refractivity contribution < 1.29 is 29.3 Å². The average Bonchev–Trinajstić information content (AvgIpc) is 2.76. The van der Waals surface area contributed by atoms with E-state index in [1.807, 2.05) is 32.0 Å². The van der Waals surface area contributed by atoms with Crippen molar-refractivity contribution >= 4 is 17.5 Å². The maximum Gasteiger partial charge on any atom is 0.247 e. The highest BCUT2D eigenvalue weighted by atomic mass is 16.5. The van der Waals surface area contributed by atoms with Crippen molar-refractivity contribution in [2.45, 2.75) is 51.0 Å². The second-order valence-electron chi connectivity index (χ2n) is 8.69. The molecule has 1 fully saturated rings. The molecule has 0 radical (unpaired) electrons. The lowest BCUT2D eigenvalue weighted by Crippen LogP contribution is -2.49. The van der Waals surface area contributed by atoms with Gasteiger partial charge in [-0.05, 0) is 30.5 Å². The molecule has 1 aliphatic heterocycles. The Kier molecular flexibility index (Phi) is 8.11. The lowest BCUT2D eigenvalue weighted by Gasteiger charge is -2.32. The largest absolute Gasteiger partial charge is 0.483 e. The maximum atomic E-state index is 12.8. The third-order valence-corrected chi connectivity index (χ3v) is 5.64. The number of nitrogens with zero attached hydrogens (tertiary/aromatic N) is 1. The van der Waals surface area contributed by atoms with Gasteiger partial charge in [0.15, 0.2) is 0 Å². The van der Waals surface area contributed by atoms with Gasteiger partial charge >= 0.3 is 0 Å². The van der Waals surface area contributed by atoms with Crippen LogP contribution < -0.4 is 20.7 Å². The summed E-state index contributed by atoms with van der Waals surface area (Å²) in [5, 5.41) is 23.4. The summed E-state index contributed by atoms with van der Waals surface area (Å²) in [7, 11) is 0. The first kappa shape index (κ1) is 24.0. The van der Waals surface area contributed by atoms with Gasteiger partial charge in [-0.3, -0.25) is 9.59 Å². The first-order chi connectivity index (χ1) is 15.2. The Morgan fingerprint density at radius 3 is 2.66 bits per heavy atom. The lowest BCUT2D eigenvalue weighted by molar-refractivity contribution is -0.126. The molecular formula is C23H33N3O6. The molecule has 0 unspecified atom stereocenters. The summed E-state index contributed by atoms with van der Waals surface area (Å²) < 4.78 is 11.3. The molecule has 4 atom stereocenters. The molecule has 1 aliphatic carbocycles. The number of aliphatic hydroxyl groups is 2. The number of benzene rings is 1. The van der Waals surface area contributed by atoms with Gasteiger partial charge in [-0.2, -0.15) is 0 Å². The maximum absolute atomic E-state index is 12.8. The highest BCUT2D eigenvalue weighted by Crippen LogP contribution is 2.27. The van der Waals surface area contributed by atoms with Crippen LogP contribution >= 0.6 is 0 Å². The number of morpholine rings is 1. The Balaban J connectivity index is 1.73. The van der Waals surface area contributed by atoms with E-state index < -0.39 is 36.2 Å². The van der Waals surface area contributed by atoms with Crippen LogP contribution in [-0.4, -0.2) is 72.7 Å². The number of rotatable bonds is 8. The number of aliphatic hydroxyl groups excluding tert-OH is 2. The number of carbonyl (C=O) groups excluding carboxylic acids is 2. The van der Waals surface area contributed by atoms with E-state index in [1.54, 1.807) is 6.07 Å². The van der Waals surface area contributed by atoms with Crippen LogP contribution in [0.25, 0.3) is 0 Å². The highest BCUT2D eigenvalue weighted by Gasteiger charge is 2.35. The summed E-state index contributed by atoms with van der Waals surface area (Å²) in [4.78, 5) is 26.6. The van der Waals surface area contributed by atoms with E-state index in [2.05, 4.69) is 10.2 Å². The highest BCUT2D eigenvalue weighted by molar-refractivity contribution is 5.97. The van der Waals surface area contributed by atoms with Gasteiger partial charge in [0.05, 0.1) is 19.3 Å². The van der Waals surface area contributed by atoms with Gasteiger partial charge in [-0.25, -0.2) is 0 Å². The monoisotopic (exact) mass is 447 g/mol. The van der Waals surface area contributed by atoms with E-state index in [9.17, 15) is 19.8 Å². The number of hydrogen-bond acceptors (Lipinski definition) is 7. The zero-order valence-corrected chi connectivity index (χ0v) is 18.6. The van der Waals surface area contributed by atoms with E-state index in [1.165, 1.54) is 6.08 Å². The number of carbonyl (C=O) groups is 2. The molecular weight excluding hydrogens is 414 g/mol. The van der Waals surface area contributed by atoms with Crippen molar-refractivity contribution in [1.29, 1.82) is 0 Å². The molecule has 0 saturated carbocycles. The molecule has 9 heteroatoms. The number of anilines is 1. The van der Waals surface area contributed by atoms with E-state index in [4.69, 9.17) is 15.2 Å². The van der Waals surface area contributed by atoms with Gasteiger partial charge in [0, 0.05) is 36.8 Å². The zero-order valence-electron chi connectivity index (χ0n) is 18.6. The van der Waals surface area contributed by atoms with E-state index >= 15 is 0 Å². The predicted molar refractivity (Wildman–Crippen MR) is 119 cm³/mol. The van der Waals surface area contributed by atoms with Crippen LogP contribution in [0.2, 0.25) is 0 Å². The molecule has 0 bridgehead atoms. The molecule has 0 spiro atoms. The fraction of sp³-hybridized carbons (Fsp3) is 0.565. The summed E-state index contributed by atoms with van der Waals surface area (Å²) >= 11 is 0. The number of nitrogens with one attached hydrogen (secondary N) is 1. The molecule has 1 aromatic carbocycles. The number of nitrogens with two attached hydrogens (primary N) is 1. The summed E-state index contributed by atoms with van der Waals surface area (Å²) in [6.45, 7) is 6.71. The van der Waals surface area contributed by atoms with Crippen LogP contribution in [0.3, 0.4) is 0 Å². The van der Waals surface area contributed by atoms with Crippen LogP contribution in [0.1, 0.15) is 26.7 Å². The van der Waals surface area contributed by atoms with Gasteiger partial charge < -0.3 is 35.6 Å². The molecule has 2 amide bonds. The second kappa shape index (κ2) is 10.8. The molecule has 1 heterocycles. The van der Waals surface area contributed by atoms with Crippen molar-refractivity contribution in [3.8, 4) is 5.75 Å². The minimum absolute atomic E-state index is 0.0478. The van der Waals surface area contributed by atoms with Crippen LogP contribution in [0.5, 0.6) is 5.75 Å². The standard InChI is InChI=1S/C23H33N3O6/c1-14(2)10-18(22(24)29)25-23(30)15-11-19(27)21(28)20(12-15)32-17-5-3-4-16(13-17)26-6-8-31-9-7-26/h3-5,12-14,18-21,27-28H,6-11H2,1-2H3,(H2,24,29)(H,25,30)/t18-,19-,20-,21-/m1/s1. The summed E-state index contributed by atoms with van der Waals surface area (Å²) in [5.74, 6) is -0.443. The Bertz CT molecular complexity index is 837. The van der Waals surface area contributed by atoms with Gasteiger partial charge in [0.25, 0.3) is 0 Å². The normalized spacial score (nSPS) is 24.6. The minimum atomic E-state index is -1.19. The van der Waals surface area contributed by atoms with Crippen LogP contribution in [0.4, 0.5) is 5.69 Å². The third kappa shape index (κ3) is 6.21. The van der Waals surface area contributed by atoms with Gasteiger partial charge in [-0.15, -0.1) is 0 Å². The van der Waals surface area contributed by atoms with Crippen molar-refractivity contribution in [2.75, 3.05) is 31.2 Å². The van der Waals surface area contributed by atoms with Gasteiger partial charge in [0.1, 0.15) is 24.0 Å². The average molecular weight is 448 g/mol. The van der Waals surface area contributed by atoms with Crippen molar-refractivity contribution in [2.24, 2.45) is 11.7 Å². The Hall–Kier alpha value is -2.62. The van der Waals surface area contributed by atoms with E-state index in [-0.39, 0.29) is 17.9 Å². The SMILES string of the molecule is CC(C)C[C@@H](NC(=O)C1=C[C@@H](Oc2cccc(N3CCOCC3)c2)[C@H](O)[C@H](O)C1)C(N)=O. The fourth-order valence-electron chi connectivity index (χ4n) is 3.90. The molecule has 0 aromatic heterocycles. The van der Waals surface area contributed by atoms with E-state index in [0.29, 0.717) is 25.4 Å². The smallest absolute Gasteiger partial charge is 0.247 e. The third-order valence-electron chi connectivity index (χ3n) is 5.64. The lowest BCUT2D eigenvalue weighted by atomic mass is 9.91. The summed E-state index contributed by atoms with van der Waals surface area (Å²) in [6, 6.07) is 6.64. The molecule has 3 rings (SSSR count). The number of hydrogen-bond donors (Lipinski definition) is 4. The van der Waals surface area contributed by atoms with Crippen LogP contribution in [-0.2, 0) is 14.3 Å². The zero-order chi connectivity index (χ0) is 23.3. The molecule has 32 heavy (non-hydrogen) atoms. The first-order valence-corrected chi connectivity index (χ1v) is 11.0. The first-order valence-electron chi connectivity index (χ1n) is 11.0. The topological polar surface area (TPSA) is 134 Å².